The number of nitrogens with zero attached hydrogens (tertiary/aromatic N) is 3. The third-order valence-corrected chi connectivity index (χ3v) is 7.58. The first-order valence-electron chi connectivity index (χ1n) is 7.94. The summed E-state index contributed by atoms with van der Waals surface area (Å²) in [5.74, 6) is -1.10. The van der Waals surface area contributed by atoms with Crippen LogP contribution in [0.25, 0.3) is 11.0 Å². The Kier molecular flexibility index (Phi) is 2.96. The summed E-state index contributed by atoms with van der Waals surface area (Å²) in [5.41, 5.74) is -0.754. The Bertz CT molecular complexity index is 1090. The Morgan fingerprint density at radius 3 is 2.36 bits per heavy atom. The summed E-state index contributed by atoms with van der Waals surface area (Å²) >= 11 is 0. The molecule has 2 saturated heterocycles. The highest BCUT2D eigenvalue weighted by Gasteiger charge is 2.70. The Labute approximate surface area is 144 Å². The molecule has 25 heavy (non-hydrogen) atoms. The van der Waals surface area contributed by atoms with Crippen LogP contribution < -0.4 is 5.69 Å². The third-order valence-electron chi connectivity index (χ3n) is 5.67. The number of hydrogen-bond donors (Lipinski definition) is 1. The molecule has 3 fully saturated rings. The number of carboxylic acids is 1. The lowest BCUT2D eigenvalue weighted by Gasteiger charge is -2.42. The lowest BCUT2D eigenvalue weighted by molar-refractivity contribution is -0.151. The number of aromatic nitrogens is 2. The van der Waals surface area contributed by atoms with Gasteiger partial charge in [-0.25, -0.2) is 13.2 Å². The molecule has 0 unspecified atom stereocenters. The summed E-state index contributed by atoms with van der Waals surface area (Å²) in [5, 5.41) is 9.61. The molecule has 1 aliphatic carbocycles. The van der Waals surface area contributed by atoms with E-state index < -0.39 is 21.5 Å². The molecule has 8 nitrogen and oxygen atoms in total. The number of sulfonamides is 1. The molecule has 134 valence electrons. The molecule has 2 bridgehead atoms. The maximum absolute atomic E-state index is 13.1. The van der Waals surface area contributed by atoms with Crippen molar-refractivity contribution in [1.82, 2.24) is 13.4 Å². The van der Waals surface area contributed by atoms with Crippen LogP contribution in [0.1, 0.15) is 19.8 Å². The van der Waals surface area contributed by atoms with E-state index in [-0.39, 0.29) is 22.5 Å². The van der Waals surface area contributed by atoms with Gasteiger partial charge in [0.2, 0.25) is 10.0 Å². The molecule has 5 rings (SSSR count). The van der Waals surface area contributed by atoms with Crippen LogP contribution in [-0.4, -0.2) is 45.0 Å². The first kappa shape index (κ1) is 16.3. The molecule has 0 atom stereocenters. The molecular formula is C16H19N3O5S. The molecule has 3 aliphatic rings. The molecule has 2 aromatic rings. The van der Waals surface area contributed by atoms with Gasteiger partial charge in [-0.2, -0.15) is 4.31 Å². The quantitative estimate of drug-likeness (QED) is 0.854. The van der Waals surface area contributed by atoms with Gasteiger partial charge in [0.25, 0.3) is 0 Å². The molecule has 0 amide bonds. The summed E-state index contributed by atoms with van der Waals surface area (Å²) < 4.78 is 30.2. The van der Waals surface area contributed by atoms with Gasteiger partial charge >= 0.3 is 11.7 Å². The normalized spacial score (nSPS) is 29.1. The van der Waals surface area contributed by atoms with Crippen molar-refractivity contribution in [2.45, 2.75) is 30.2 Å². The van der Waals surface area contributed by atoms with E-state index in [2.05, 4.69) is 0 Å². The summed E-state index contributed by atoms with van der Waals surface area (Å²) in [4.78, 5) is 23.8. The fourth-order valence-electron chi connectivity index (χ4n) is 4.49. The van der Waals surface area contributed by atoms with Gasteiger partial charge in [0.1, 0.15) is 5.54 Å². The lowest BCUT2D eigenvalue weighted by atomic mass is 9.63. The van der Waals surface area contributed by atoms with E-state index in [0.717, 1.165) is 4.31 Å². The number of aryl methyl sites for hydroxylation is 2. The molecule has 3 heterocycles. The van der Waals surface area contributed by atoms with Crippen LogP contribution >= 0.6 is 0 Å². The van der Waals surface area contributed by atoms with Crippen molar-refractivity contribution in [3.63, 3.8) is 0 Å². The van der Waals surface area contributed by atoms with Crippen molar-refractivity contribution >= 4 is 27.0 Å². The Morgan fingerprint density at radius 1 is 1.16 bits per heavy atom. The van der Waals surface area contributed by atoms with E-state index >= 15 is 0 Å². The molecule has 0 radical (unpaired) electrons. The van der Waals surface area contributed by atoms with Crippen LogP contribution in [-0.2, 0) is 28.9 Å². The van der Waals surface area contributed by atoms with Crippen molar-refractivity contribution in [2.24, 2.45) is 19.5 Å². The minimum atomic E-state index is -3.97. The lowest BCUT2D eigenvalue weighted by Crippen LogP contribution is -2.56. The minimum absolute atomic E-state index is 0.0120. The molecule has 0 spiro atoms. The van der Waals surface area contributed by atoms with Gasteiger partial charge in [0.05, 0.1) is 15.9 Å². The molecular weight excluding hydrogens is 346 g/mol. The Morgan fingerprint density at radius 2 is 1.76 bits per heavy atom. The van der Waals surface area contributed by atoms with Crippen LogP contribution in [0.5, 0.6) is 0 Å². The van der Waals surface area contributed by atoms with Gasteiger partial charge in [-0.15, -0.1) is 0 Å². The first-order chi connectivity index (χ1) is 11.5. The molecule has 9 heteroatoms. The second kappa shape index (κ2) is 4.53. The zero-order valence-electron chi connectivity index (χ0n) is 14.2. The van der Waals surface area contributed by atoms with Crippen LogP contribution in [0.3, 0.4) is 0 Å². The zero-order chi connectivity index (χ0) is 18.4. The molecule has 1 aromatic heterocycles. The van der Waals surface area contributed by atoms with E-state index in [1.807, 2.05) is 6.92 Å². The Hall–Kier alpha value is -2.13. The summed E-state index contributed by atoms with van der Waals surface area (Å²) in [6.07, 6.45) is 0.668. The van der Waals surface area contributed by atoms with Crippen molar-refractivity contribution < 1.29 is 18.3 Å². The predicted molar refractivity (Wildman–Crippen MR) is 89.8 cm³/mol. The second-order valence-corrected chi connectivity index (χ2v) is 9.43. The van der Waals surface area contributed by atoms with E-state index in [4.69, 9.17) is 0 Å². The Balaban J connectivity index is 1.87. The highest BCUT2D eigenvalue weighted by atomic mass is 32.2. The van der Waals surface area contributed by atoms with Gasteiger partial charge < -0.3 is 5.11 Å². The first-order valence-corrected chi connectivity index (χ1v) is 9.38. The number of carbonyl (C=O) groups is 1. The molecule has 1 aromatic carbocycles. The van der Waals surface area contributed by atoms with Gasteiger partial charge in [0, 0.05) is 20.6 Å². The number of fused-ring (bicyclic) bond motifs is 2. The maximum atomic E-state index is 13.1. The van der Waals surface area contributed by atoms with Crippen molar-refractivity contribution in [2.75, 3.05) is 6.54 Å². The van der Waals surface area contributed by atoms with Gasteiger partial charge in [-0.3, -0.25) is 13.9 Å². The van der Waals surface area contributed by atoms with Gasteiger partial charge in [-0.1, -0.05) is 6.92 Å². The van der Waals surface area contributed by atoms with Gasteiger partial charge in [0.15, 0.2) is 0 Å². The summed E-state index contributed by atoms with van der Waals surface area (Å²) in [7, 11) is -0.775. The molecule has 1 saturated carbocycles. The third kappa shape index (κ3) is 1.87. The maximum Gasteiger partial charge on any atom is 0.328 e. The topological polar surface area (TPSA) is 102 Å². The number of hydrogen-bond acceptors (Lipinski definition) is 4. The number of rotatable bonds is 3. The highest BCUT2D eigenvalue weighted by molar-refractivity contribution is 7.89. The van der Waals surface area contributed by atoms with E-state index in [9.17, 15) is 23.1 Å². The average molecular weight is 365 g/mol. The second-order valence-electron chi connectivity index (χ2n) is 7.56. The minimum Gasteiger partial charge on any atom is -0.480 e. The summed E-state index contributed by atoms with van der Waals surface area (Å²) in [6, 6.07) is 4.46. The van der Waals surface area contributed by atoms with Crippen LogP contribution in [0.2, 0.25) is 0 Å². The predicted octanol–water partition coefficient (Wildman–Crippen LogP) is 0.505. The standard InChI is InChI=1S/C16H19N3O5S/c1-15-7-16(8-15,13(20)21)19(9-15)25(23,24)10-4-5-11-12(6-10)18(3)14(22)17(11)2/h4-6H,7-9H2,1-3H3,(H,20,21). The van der Waals surface area contributed by atoms with E-state index in [0.29, 0.717) is 23.9 Å². The van der Waals surface area contributed by atoms with Crippen LogP contribution in [0.4, 0.5) is 0 Å². The fourth-order valence-corrected chi connectivity index (χ4v) is 6.40. The van der Waals surface area contributed by atoms with E-state index in [1.165, 1.54) is 21.3 Å². The fraction of sp³-hybridized carbons (Fsp3) is 0.500. The van der Waals surface area contributed by atoms with E-state index in [1.54, 1.807) is 20.2 Å². The summed E-state index contributed by atoms with van der Waals surface area (Å²) in [6.45, 7) is 2.11. The van der Waals surface area contributed by atoms with Crippen molar-refractivity contribution in [1.29, 1.82) is 0 Å². The van der Waals surface area contributed by atoms with Gasteiger partial charge in [-0.05, 0) is 36.5 Å². The SMILES string of the molecule is Cn1c(=O)n(C)c2cc(S(=O)(=O)N3CC4(C)CC3(C(=O)O)C4)ccc21. The number of imidazole rings is 1. The smallest absolute Gasteiger partial charge is 0.328 e. The average Bonchev–Trinajstić information content (AvgIpc) is 3.09. The molecule has 1 N–H and O–H groups in total. The molecule has 2 aliphatic heterocycles. The van der Waals surface area contributed by atoms with Crippen LogP contribution in [0, 0.1) is 5.41 Å². The largest absolute Gasteiger partial charge is 0.480 e. The highest BCUT2D eigenvalue weighted by Crippen LogP contribution is 2.60. The number of aliphatic carboxylic acids is 1. The monoisotopic (exact) mass is 365 g/mol. The number of carboxylic acid groups (broad SMARTS) is 1. The zero-order valence-corrected chi connectivity index (χ0v) is 15.0. The van der Waals surface area contributed by atoms with Crippen molar-refractivity contribution in [3.05, 3.63) is 28.7 Å². The van der Waals surface area contributed by atoms with Crippen LogP contribution in [0.15, 0.2) is 27.9 Å². The van der Waals surface area contributed by atoms with Crippen molar-refractivity contribution in [3.8, 4) is 0 Å². The number of benzene rings is 1.